The predicted octanol–water partition coefficient (Wildman–Crippen LogP) is 0.0589. The Bertz CT molecular complexity index is 540. The Balaban J connectivity index is 1.78. The van der Waals surface area contributed by atoms with Gasteiger partial charge >= 0.3 is 0 Å². The van der Waals surface area contributed by atoms with Crippen LogP contribution in [0.3, 0.4) is 0 Å². The van der Waals surface area contributed by atoms with Gasteiger partial charge in [0.1, 0.15) is 0 Å². The molecule has 0 atom stereocenters. The summed E-state index contributed by atoms with van der Waals surface area (Å²) in [6.07, 6.45) is 1.94. The van der Waals surface area contributed by atoms with E-state index in [-0.39, 0.29) is 0 Å². The van der Waals surface area contributed by atoms with E-state index in [1.807, 2.05) is 22.7 Å². The van der Waals surface area contributed by atoms with Crippen LogP contribution in [-0.2, 0) is 6.54 Å². The van der Waals surface area contributed by atoms with Crippen molar-refractivity contribution in [2.75, 3.05) is 39.0 Å². The van der Waals surface area contributed by atoms with Gasteiger partial charge in [-0.1, -0.05) is 0 Å². The van der Waals surface area contributed by atoms with Gasteiger partial charge in [0.25, 0.3) is 0 Å². The number of hydrogen-bond acceptors (Lipinski definition) is 5. The highest BCUT2D eigenvalue weighted by molar-refractivity contribution is 5.51. The van der Waals surface area contributed by atoms with Gasteiger partial charge in [-0.15, -0.1) is 10.2 Å². The van der Waals surface area contributed by atoms with E-state index >= 15 is 0 Å². The van der Waals surface area contributed by atoms with Crippen molar-refractivity contribution in [1.29, 1.82) is 0 Å². The van der Waals surface area contributed by atoms with Gasteiger partial charge in [-0.25, -0.2) is 0 Å². The van der Waals surface area contributed by atoms with Crippen molar-refractivity contribution >= 4 is 11.3 Å². The van der Waals surface area contributed by atoms with Crippen LogP contribution in [0.5, 0.6) is 0 Å². The molecule has 0 aliphatic carbocycles. The molecule has 0 bridgehead atoms. The van der Waals surface area contributed by atoms with Crippen LogP contribution in [0.25, 0.3) is 5.65 Å². The molecule has 1 fully saturated rings. The van der Waals surface area contributed by atoms with E-state index in [2.05, 4.69) is 27.0 Å². The number of nitrogens with two attached hydrogens (primary N) is 1. The SMILES string of the molecule is CN1CCN(Cc2nnc3cc(N)ccn23)CC1. The van der Waals surface area contributed by atoms with Gasteiger partial charge in [0.2, 0.25) is 0 Å². The van der Waals surface area contributed by atoms with E-state index in [4.69, 9.17) is 5.73 Å². The number of nitrogens with zero attached hydrogens (tertiary/aromatic N) is 5. The second-order valence-corrected chi connectivity index (χ2v) is 4.88. The number of fused-ring (bicyclic) bond motifs is 1. The first kappa shape index (κ1) is 11.4. The van der Waals surface area contributed by atoms with E-state index < -0.39 is 0 Å². The maximum atomic E-state index is 5.74. The van der Waals surface area contributed by atoms with Crippen molar-refractivity contribution in [2.45, 2.75) is 6.54 Å². The fourth-order valence-electron chi connectivity index (χ4n) is 2.27. The summed E-state index contributed by atoms with van der Waals surface area (Å²) in [7, 11) is 2.16. The number of anilines is 1. The molecule has 2 aromatic rings. The van der Waals surface area contributed by atoms with Crippen LogP contribution in [0, 0.1) is 0 Å². The first-order valence-corrected chi connectivity index (χ1v) is 6.22. The van der Waals surface area contributed by atoms with Gasteiger partial charge in [-0.3, -0.25) is 9.30 Å². The van der Waals surface area contributed by atoms with E-state index in [0.717, 1.165) is 49.9 Å². The van der Waals surface area contributed by atoms with Crippen molar-refractivity contribution in [3.05, 3.63) is 24.2 Å². The molecular weight excluding hydrogens is 228 g/mol. The van der Waals surface area contributed by atoms with E-state index in [1.165, 1.54) is 0 Å². The molecule has 6 nitrogen and oxygen atoms in total. The third kappa shape index (κ3) is 2.16. The summed E-state index contributed by atoms with van der Waals surface area (Å²) in [5.41, 5.74) is 7.28. The maximum absolute atomic E-state index is 5.74. The molecule has 3 heterocycles. The summed E-state index contributed by atoms with van der Waals surface area (Å²) >= 11 is 0. The fourth-order valence-corrected chi connectivity index (χ4v) is 2.27. The second-order valence-electron chi connectivity index (χ2n) is 4.88. The minimum absolute atomic E-state index is 0.723. The molecule has 0 saturated carbocycles. The summed E-state index contributed by atoms with van der Waals surface area (Å²) in [5, 5.41) is 8.41. The Morgan fingerprint density at radius 1 is 1.22 bits per heavy atom. The van der Waals surface area contributed by atoms with Crippen molar-refractivity contribution < 1.29 is 0 Å². The predicted molar refractivity (Wildman–Crippen MR) is 70.2 cm³/mol. The van der Waals surface area contributed by atoms with E-state index in [1.54, 1.807) is 0 Å². The highest BCUT2D eigenvalue weighted by Gasteiger charge is 2.16. The molecule has 6 heteroatoms. The zero-order valence-electron chi connectivity index (χ0n) is 10.6. The molecule has 2 N–H and O–H groups in total. The lowest BCUT2D eigenvalue weighted by atomic mass is 10.3. The average molecular weight is 246 g/mol. The highest BCUT2D eigenvalue weighted by Crippen LogP contribution is 2.11. The second kappa shape index (κ2) is 4.55. The summed E-state index contributed by atoms with van der Waals surface area (Å²) in [6, 6.07) is 3.73. The summed E-state index contributed by atoms with van der Waals surface area (Å²) in [5.74, 6) is 0.981. The van der Waals surface area contributed by atoms with Crippen molar-refractivity contribution in [2.24, 2.45) is 0 Å². The van der Waals surface area contributed by atoms with Crippen LogP contribution in [0.15, 0.2) is 18.3 Å². The molecule has 0 amide bonds. The first-order valence-electron chi connectivity index (χ1n) is 6.22. The van der Waals surface area contributed by atoms with Gasteiger partial charge < -0.3 is 10.6 Å². The Labute approximate surface area is 106 Å². The summed E-state index contributed by atoms with van der Waals surface area (Å²) in [4.78, 5) is 4.76. The molecule has 0 radical (unpaired) electrons. The molecule has 1 aliphatic heterocycles. The Kier molecular flexibility index (Phi) is 2.89. The molecule has 3 rings (SSSR count). The van der Waals surface area contributed by atoms with Gasteiger partial charge in [-0.05, 0) is 13.1 Å². The largest absolute Gasteiger partial charge is 0.399 e. The summed E-state index contributed by atoms with van der Waals surface area (Å²) < 4.78 is 2.01. The fraction of sp³-hybridized carbons (Fsp3) is 0.500. The molecule has 1 aliphatic rings. The lowest BCUT2D eigenvalue weighted by Gasteiger charge is -2.31. The first-order chi connectivity index (χ1) is 8.72. The molecule has 2 aromatic heterocycles. The van der Waals surface area contributed by atoms with Crippen LogP contribution in [-0.4, -0.2) is 57.6 Å². The number of rotatable bonds is 2. The Morgan fingerprint density at radius 2 is 2.00 bits per heavy atom. The zero-order chi connectivity index (χ0) is 12.5. The minimum Gasteiger partial charge on any atom is -0.399 e. The smallest absolute Gasteiger partial charge is 0.162 e. The van der Waals surface area contributed by atoms with Crippen LogP contribution < -0.4 is 5.73 Å². The van der Waals surface area contributed by atoms with Gasteiger partial charge in [0.05, 0.1) is 6.54 Å². The number of nitrogen functional groups attached to an aromatic ring is 1. The standard InChI is InChI=1S/C12H18N6/c1-16-4-6-17(7-5-16)9-12-15-14-11-8-10(13)2-3-18(11)12/h2-3,8H,4-7,9,13H2,1H3. The number of pyridine rings is 1. The molecule has 1 saturated heterocycles. The van der Waals surface area contributed by atoms with Crippen molar-refractivity contribution in [1.82, 2.24) is 24.4 Å². The van der Waals surface area contributed by atoms with Crippen molar-refractivity contribution in [3.63, 3.8) is 0 Å². The van der Waals surface area contributed by atoms with Gasteiger partial charge in [0, 0.05) is 44.1 Å². The van der Waals surface area contributed by atoms with Crippen molar-refractivity contribution in [3.8, 4) is 0 Å². The zero-order valence-corrected chi connectivity index (χ0v) is 10.6. The Hall–Kier alpha value is -1.66. The highest BCUT2D eigenvalue weighted by atomic mass is 15.3. The van der Waals surface area contributed by atoms with Crippen LogP contribution in [0.1, 0.15) is 5.82 Å². The van der Waals surface area contributed by atoms with E-state index in [9.17, 15) is 0 Å². The molecule has 0 aromatic carbocycles. The summed E-state index contributed by atoms with van der Waals surface area (Å²) in [6.45, 7) is 5.24. The molecule has 18 heavy (non-hydrogen) atoms. The van der Waals surface area contributed by atoms with E-state index in [0.29, 0.717) is 0 Å². The lowest BCUT2D eigenvalue weighted by molar-refractivity contribution is 0.145. The topological polar surface area (TPSA) is 62.7 Å². The Morgan fingerprint density at radius 3 is 2.78 bits per heavy atom. The number of aromatic nitrogens is 3. The molecule has 0 unspecified atom stereocenters. The molecular formula is C12H18N6. The van der Waals surface area contributed by atoms with Crippen LogP contribution >= 0.6 is 0 Å². The van der Waals surface area contributed by atoms with Crippen LogP contribution in [0.2, 0.25) is 0 Å². The third-order valence-electron chi connectivity index (χ3n) is 3.47. The van der Waals surface area contributed by atoms with Crippen LogP contribution in [0.4, 0.5) is 5.69 Å². The quantitative estimate of drug-likeness (QED) is 0.812. The van der Waals surface area contributed by atoms with Gasteiger partial charge in [0.15, 0.2) is 11.5 Å². The monoisotopic (exact) mass is 246 g/mol. The normalized spacial score (nSPS) is 18.5. The third-order valence-corrected chi connectivity index (χ3v) is 3.47. The minimum atomic E-state index is 0.723. The van der Waals surface area contributed by atoms with Gasteiger partial charge in [-0.2, -0.15) is 0 Å². The number of hydrogen-bond donors (Lipinski definition) is 1. The maximum Gasteiger partial charge on any atom is 0.162 e. The lowest BCUT2D eigenvalue weighted by Crippen LogP contribution is -2.44. The number of piperazine rings is 1. The number of likely N-dealkylation sites (N-methyl/N-ethyl adjacent to an activating group) is 1. The molecule has 96 valence electrons. The average Bonchev–Trinajstić information content (AvgIpc) is 2.74. The molecule has 0 spiro atoms.